The molecule has 5 heteroatoms. The molecule has 2 saturated heterocycles. The van der Waals surface area contributed by atoms with Crippen LogP contribution in [0.4, 0.5) is 14.9 Å². The summed E-state index contributed by atoms with van der Waals surface area (Å²) >= 11 is 0. The topological polar surface area (TPSA) is 32.3 Å². The second-order valence-electron chi connectivity index (χ2n) is 9.27. The molecule has 27 heavy (non-hydrogen) atoms. The minimum atomic E-state index is -0.163. The van der Waals surface area contributed by atoms with E-state index in [2.05, 4.69) is 10.2 Å². The summed E-state index contributed by atoms with van der Waals surface area (Å²) in [7, 11) is 0. The molecule has 1 spiro atoms. The second kappa shape index (κ2) is 6.56. The number of likely N-dealkylation sites (tertiary alicyclic amines) is 1. The fourth-order valence-electron chi connectivity index (χ4n) is 5.83. The number of benzene rings is 1. The van der Waals surface area contributed by atoms with Crippen molar-refractivity contribution in [3.05, 3.63) is 29.6 Å². The minimum absolute atomic E-state index is 0.0526. The zero-order chi connectivity index (χ0) is 18.5. The van der Waals surface area contributed by atoms with E-state index in [1.165, 1.54) is 19.3 Å². The Hall–Kier alpha value is -1.46. The maximum Gasteiger partial charge on any atom is 0.424 e. The lowest BCUT2D eigenvalue weighted by Gasteiger charge is -2.40. The highest BCUT2D eigenvalue weighted by Gasteiger charge is 2.59. The normalized spacial score (nSPS) is 29.7. The summed E-state index contributed by atoms with van der Waals surface area (Å²) in [5.41, 5.74) is 2.17. The number of piperidine rings is 2. The largest absolute Gasteiger partial charge is 0.424 e. The monoisotopic (exact) mass is 372 g/mol. The zero-order valence-corrected chi connectivity index (χ0v) is 16.2. The van der Waals surface area contributed by atoms with Crippen LogP contribution in [0.5, 0.6) is 0 Å². The highest BCUT2D eigenvalue weighted by Crippen LogP contribution is 2.52. The molecule has 0 bridgehead atoms. The number of fused-ring (bicyclic) bond motifs is 2. The van der Waals surface area contributed by atoms with Crippen LogP contribution < -0.4 is 9.80 Å². The van der Waals surface area contributed by atoms with E-state index in [1.807, 2.05) is 6.07 Å². The van der Waals surface area contributed by atoms with Gasteiger partial charge in [-0.25, -0.2) is 13.7 Å². The maximum absolute atomic E-state index is 14.3. The van der Waals surface area contributed by atoms with Crippen molar-refractivity contribution in [1.29, 1.82) is 0 Å². The SMILES string of the molecule is O=C(N1CCCCC1)[N+]1(CC2CC2)CC2(CCNCC2)c2cc(F)ccc21. The van der Waals surface area contributed by atoms with Crippen LogP contribution in [-0.2, 0) is 5.41 Å². The van der Waals surface area contributed by atoms with Gasteiger partial charge in [0.1, 0.15) is 18.0 Å². The van der Waals surface area contributed by atoms with Crippen LogP contribution in [-0.4, -0.2) is 50.2 Å². The lowest BCUT2D eigenvalue weighted by molar-refractivity contribution is 0.134. The number of quaternary nitrogens is 1. The van der Waals surface area contributed by atoms with Gasteiger partial charge in [0.15, 0.2) is 0 Å². The molecule has 4 nitrogen and oxygen atoms in total. The number of nitrogens with zero attached hydrogens (tertiary/aromatic N) is 2. The van der Waals surface area contributed by atoms with Gasteiger partial charge in [-0.15, -0.1) is 0 Å². The Morgan fingerprint density at radius 3 is 2.63 bits per heavy atom. The van der Waals surface area contributed by atoms with E-state index in [0.717, 1.165) is 76.2 Å². The van der Waals surface area contributed by atoms with Gasteiger partial charge >= 0.3 is 6.03 Å². The van der Waals surface area contributed by atoms with Crippen LogP contribution >= 0.6 is 0 Å². The molecule has 3 aliphatic heterocycles. The molecule has 1 aliphatic carbocycles. The van der Waals surface area contributed by atoms with E-state index in [4.69, 9.17) is 0 Å². The summed E-state index contributed by atoms with van der Waals surface area (Å²) < 4.78 is 14.7. The number of nitrogens with one attached hydrogen (secondary N) is 1. The van der Waals surface area contributed by atoms with Crippen molar-refractivity contribution in [3.63, 3.8) is 0 Å². The fraction of sp³-hybridized carbons (Fsp3) is 0.682. The Bertz CT molecular complexity index is 735. The van der Waals surface area contributed by atoms with Crippen LogP contribution in [0.3, 0.4) is 0 Å². The number of rotatable bonds is 2. The molecule has 146 valence electrons. The number of hydrogen-bond acceptors (Lipinski definition) is 2. The molecule has 4 aliphatic rings. The highest BCUT2D eigenvalue weighted by atomic mass is 19.1. The van der Waals surface area contributed by atoms with Crippen LogP contribution in [0, 0.1) is 11.7 Å². The predicted octanol–water partition coefficient (Wildman–Crippen LogP) is 3.78. The molecule has 0 aromatic heterocycles. The Kier molecular flexibility index (Phi) is 4.28. The van der Waals surface area contributed by atoms with Crippen LogP contribution in [0.1, 0.15) is 50.5 Å². The van der Waals surface area contributed by atoms with Crippen molar-refractivity contribution < 1.29 is 9.18 Å². The number of urea groups is 1. The Morgan fingerprint density at radius 1 is 1.19 bits per heavy atom. The molecule has 2 amide bonds. The molecule has 1 aromatic rings. The van der Waals surface area contributed by atoms with Gasteiger partial charge in [-0.1, -0.05) is 0 Å². The van der Waals surface area contributed by atoms with Crippen LogP contribution in [0.25, 0.3) is 0 Å². The Balaban J connectivity index is 1.61. The quantitative estimate of drug-likeness (QED) is 0.801. The first-order chi connectivity index (χ1) is 13.1. The third kappa shape index (κ3) is 2.90. The number of amides is 2. The fourth-order valence-corrected chi connectivity index (χ4v) is 5.83. The summed E-state index contributed by atoms with van der Waals surface area (Å²) in [6.07, 6.45) is 7.92. The molecule has 1 unspecified atom stereocenters. The summed E-state index contributed by atoms with van der Waals surface area (Å²) in [6.45, 7) is 5.42. The van der Waals surface area contributed by atoms with Gasteiger partial charge in [-0.2, -0.15) is 0 Å². The Morgan fingerprint density at radius 2 is 1.93 bits per heavy atom. The summed E-state index contributed by atoms with van der Waals surface area (Å²) in [4.78, 5) is 16.1. The molecule has 3 heterocycles. The third-order valence-electron chi connectivity index (χ3n) is 7.38. The molecule has 5 rings (SSSR count). The van der Waals surface area contributed by atoms with Gasteiger partial charge in [-0.3, -0.25) is 4.90 Å². The van der Waals surface area contributed by atoms with Crippen molar-refractivity contribution >= 4 is 11.7 Å². The molecule has 3 fully saturated rings. The number of carbonyl (C=O) groups excluding carboxylic acids is 1. The van der Waals surface area contributed by atoms with E-state index in [9.17, 15) is 9.18 Å². The third-order valence-corrected chi connectivity index (χ3v) is 7.38. The van der Waals surface area contributed by atoms with Gasteiger partial charge in [0.05, 0.1) is 12.0 Å². The van der Waals surface area contributed by atoms with E-state index >= 15 is 0 Å². The molecule has 1 aromatic carbocycles. The Labute approximate surface area is 161 Å². The number of halogens is 1. The first kappa shape index (κ1) is 17.6. The van der Waals surface area contributed by atoms with E-state index in [-0.39, 0.29) is 17.3 Å². The second-order valence-corrected chi connectivity index (χ2v) is 9.27. The highest BCUT2D eigenvalue weighted by molar-refractivity contribution is 5.90. The average molecular weight is 373 g/mol. The zero-order valence-electron chi connectivity index (χ0n) is 16.2. The molecule has 1 N–H and O–H groups in total. The van der Waals surface area contributed by atoms with Gasteiger partial charge in [-0.05, 0) is 70.2 Å². The van der Waals surface area contributed by atoms with E-state index in [1.54, 1.807) is 12.1 Å². The van der Waals surface area contributed by atoms with Crippen molar-refractivity contribution in [2.24, 2.45) is 5.92 Å². The van der Waals surface area contributed by atoms with Crippen molar-refractivity contribution in [1.82, 2.24) is 14.7 Å². The first-order valence-corrected chi connectivity index (χ1v) is 10.8. The van der Waals surface area contributed by atoms with Gasteiger partial charge in [0.2, 0.25) is 0 Å². The number of hydrogen-bond donors (Lipinski definition) is 1. The molecular formula is C22H31FN3O+. The first-order valence-electron chi connectivity index (χ1n) is 10.8. The van der Waals surface area contributed by atoms with Crippen molar-refractivity contribution in [2.75, 3.05) is 39.3 Å². The predicted molar refractivity (Wildman–Crippen MR) is 105 cm³/mol. The standard InChI is InChI=1S/C22H31FN3O/c23-18-6-7-20-19(14-18)22(8-10-24-11-9-22)16-26(20,15-17-4-5-17)21(27)25-12-2-1-3-13-25/h6-7,14,17,24H,1-5,8-13,15-16H2/q+1. The lowest BCUT2D eigenvalue weighted by atomic mass is 9.74. The summed E-state index contributed by atoms with van der Waals surface area (Å²) in [5, 5.41) is 3.46. The number of carbonyl (C=O) groups is 1. The molecular weight excluding hydrogens is 341 g/mol. The van der Waals surface area contributed by atoms with Gasteiger partial charge in [0.25, 0.3) is 0 Å². The van der Waals surface area contributed by atoms with Crippen molar-refractivity contribution in [3.8, 4) is 0 Å². The van der Waals surface area contributed by atoms with Crippen LogP contribution in [0.2, 0.25) is 0 Å². The van der Waals surface area contributed by atoms with Gasteiger partial charge in [0, 0.05) is 30.6 Å². The molecule has 1 atom stereocenters. The molecule has 0 radical (unpaired) electrons. The smallest absolute Gasteiger partial charge is 0.317 e. The van der Waals surface area contributed by atoms with Crippen LogP contribution in [0.15, 0.2) is 18.2 Å². The van der Waals surface area contributed by atoms with Gasteiger partial charge < -0.3 is 5.32 Å². The lowest BCUT2D eigenvalue weighted by Crippen LogP contribution is -2.63. The minimum Gasteiger partial charge on any atom is -0.317 e. The maximum atomic E-state index is 14.3. The summed E-state index contributed by atoms with van der Waals surface area (Å²) in [5.74, 6) is 0.483. The van der Waals surface area contributed by atoms with E-state index < -0.39 is 0 Å². The summed E-state index contributed by atoms with van der Waals surface area (Å²) in [6, 6.07) is 5.54. The average Bonchev–Trinajstić information content (AvgIpc) is 3.48. The van der Waals surface area contributed by atoms with E-state index in [0.29, 0.717) is 10.4 Å². The molecule has 1 saturated carbocycles. The van der Waals surface area contributed by atoms with Crippen molar-refractivity contribution in [2.45, 2.75) is 50.4 Å².